The molecule has 0 aliphatic rings. The number of aliphatic hydroxyl groups is 1. The Kier molecular flexibility index (Phi) is 3.72. The lowest BCUT2D eigenvalue weighted by atomic mass is 9.94. The Morgan fingerprint density at radius 1 is 1.62 bits per heavy atom. The summed E-state index contributed by atoms with van der Waals surface area (Å²) in [7, 11) is 1.49. The molecule has 2 N–H and O–H groups in total. The van der Waals surface area contributed by atoms with Gasteiger partial charge in [-0.25, -0.2) is 4.79 Å². The number of aliphatic hydroxyl groups excluding tert-OH is 1. The zero-order valence-corrected chi connectivity index (χ0v) is 9.56. The van der Waals surface area contributed by atoms with Crippen molar-refractivity contribution in [1.29, 1.82) is 0 Å². The van der Waals surface area contributed by atoms with Crippen LogP contribution in [-0.4, -0.2) is 28.9 Å². The minimum Gasteiger partial charge on any atom is -0.475 e. The van der Waals surface area contributed by atoms with Gasteiger partial charge in [0.15, 0.2) is 0 Å². The molecular formula is C11H16O5. The van der Waals surface area contributed by atoms with Crippen LogP contribution in [-0.2, 0) is 4.74 Å². The Labute approximate surface area is 93.6 Å². The van der Waals surface area contributed by atoms with E-state index >= 15 is 0 Å². The van der Waals surface area contributed by atoms with Crippen LogP contribution in [0.3, 0.4) is 0 Å². The molecule has 0 saturated heterocycles. The second kappa shape index (κ2) is 4.67. The molecule has 0 aromatic carbocycles. The van der Waals surface area contributed by atoms with Gasteiger partial charge in [0.25, 0.3) is 0 Å². The predicted molar refractivity (Wildman–Crippen MR) is 56.3 cm³/mol. The van der Waals surface area contributed by atoms with Gasteiger partial charge in [0.1, 0.15) is 11.9 Å². The number of ether oxygens (including phenoxy) is 1. The molecule has 1 aromatic heterocycles. The SMILES string of the molecule is CCC(C)(OC)C(O)c1ccc(C(=O)O)o1. The van der Waals surface area contributed by atoms with E-state index in [0.29, 0.717) is 6.42 Å². The molecule has 0 bridgehead atoms. The molecule has 0 fully saturated rings. The predicted octanol–water partition coefficient (Wildman–Crippen LogP) is 1.83. The number of furan rings is 1. The number of hydrogen-bond donors (Lipinski definition) is 2. The van der Waals surface area contributed by atoms with Gasteiger partial charge in [-0.3, -0.25) is 0 Å². The summed E-state index contributed by atoms with van der Waals surface area (Å²) in [5.74, 6) is -1.15. The first-order valence-electron chi connectivity index (χ1n) is 5.01. The monoisotopic (exact) mass is 228 g/mol. The van der Waals surface area contributed by atoms with Crippen LogP contribution < -0.4 is 0 Å². The highest BCUT2D eigenvalue weighted by molar-refractivity contribution is 5.84. The average Bonchev–Trinajstić information content (AvgIpc) is 2.76. The number of rotatable bonds is 5. The van der Waals surface area contributed by atoms with E-state index in [0.717, 1.165) is 0 Å². The lowest BCUT2D eigenvalue weighted by Crippen LogP contribution is -2.34. The fraction of sp³-hybridized carbons (Fsp3) is 0.545. The van der Waals surface area contributed by atoms with Crippen LogP contribution in [0, 0.1) is 0 Å². The first-order chi connectivity index (χ1) is 7.44. The quantitative estimate of drug-likeness (QED) is 0.803. The van der Waals surface area contributed by atoms with Crippen molar-refractivity contribution in [2.45, 2.75) is 32.0 Å². The van der Waals surface area contributed by atoms with Crippen molar-refractivity contribution in [2.24, 2.45) is 0 Å². The van der Waals surface area contributed by atoms with Crippen LogP contribution in [0.4, 0.5) is 0 Å². The zero-order valence-electron chi connectivity index (χ0n) is 9.56. The highest BCUT2D eigenvalue weighted by Crippen LogP contribution is 2.32. The Morgan fingerprint density at radius 3 is 2.62 bits per heavy atom. The molecule has 0 amide bonds. The second-order valence-electron chi connectivity index (χ2n) is 3.78. The van der Waals surface area contributed by atoms with Gasteiger partial charge >= 0.3 is 5.97 Å². The minimum absolute atomic E-state index is 0.191. The topological polar surface area (TPSA) is 79.9 Å². The van der Waals surface area contributed by atoms with Gasteiger partial charge < -0.3 is 19.4 Å². The fourth-order valence-electron chi connectivity index (χ4n) is 1.36. The Hall–Kier alpha value is -1.33. The molecule has 1 rings (SSSR count). The van der Waals surface area contributed by atoms with Crippen LogP contribution in [0.15, 0.2) is 16.5 Å². The van der Waals surface area contributed by atoms with E-state index in [4.69, 9.17) is 14.3 Å². The first-order valence-corrected chi connectivity index (χ1v) is 5.01. The van der Waals surface area contributed by atoms with E-state index < -0.39 is 17.7 Å². The molecule has 90 valence electrons. The van der Waals surface area contributed by atoms with Crippen LogP contribution in [0.2, 0.25) is 0 Å². The van der Waals surface area contributed by atoms with E-state index in [1.807, 2.05) is 6.92 Å². The third-order valence-electron chi connectivity index (χ3n) is 2.85. The van der Waals surface area contributed by atoms with Gasteiger partial charge in [0.05, 0.1) is 5.60 Å². The van der Waals surface area contributed by atoms with E-state index in [1.165, 1.54) is 19.2 Å². The van der Waals surface area contributed by atoms with Gasteiger partial charge in [-0.1, -0.05) is 6.92 Å². The fourth-order valence-corrected chi connectivity index (χ4v) is 1.36. The van der Waals surface area contributed by atoms with E-state index in [2.05, 4.69) is 0 Å². The maximum absolute atomic E-state index is 10.6. The number of methoxy groups -OCH3 is 1. The van der Waals surface area contributed by atoms with Crippen LogP contribution in [0.25, 0.3) is 0 Å². The second-order valence-corrected chi connectivity index (χ2v) is 3.78. The van der Waals surface area contributed by atoms with Crippen molar-refractivity contribution < 1.29 is 24.2 Å². The molecule has 0 aliphatic heterocycles. The summed E-state index contributed by atoms with van der Waals surface area (Å²) in [6.07, 6.45) is -0.413. The lowest BCUT2D eigenvalue weighted by Gasteiger charge is -2.30. The zero-order chi connectivity index (χ0) is 12.3. The summed E-state index contributed by atoms with van der Waals surface area (Å²) < 4.78 is 10.2. The van der Waals surface area contributed by atoms with E-state index in [1.54, 1.807) is 6.92 Å². The average molecular weight is 228 g/mol. The van der Waals surface area contributed by atoms with Crippen molar-refractivity contribution in [1.82, 2.24) is 0 Å². The smallest absolute Gasteiger partial charge is 0.371 e. The molecule has 1 heterocycles. The van der Waals surface area contributed by atoms with Crippen molar-refractivity contribution in [3.05, 3.63) is 23.7 Å². The Balaban J connectivity index is 2.95. The number of carboxylic acids is 1. The molecule has 5 heteroatoms. The maximum Gasteiger partial charge on any atom is 0.371 e. The normalized spacial score (nSPS) is 16.8. The summed E-state index contributed by atoms with van der Waals surface area (Å²) in [4.78, 5) is 10.6. The summed E-state index contributed by atoms with van der Waals surface area (Å²) in [5, 5.41) is 18.7. The highest BCUT2D eigenvalue weighted by atomic mass is 16.5. The lowest BCUT2D eigenvalue weighted by molar-refractivity contribution is -0.102. The Morgan fingerprint density at radius 2 is 2.25 bits per heavy atom. The van der Waals surface area contributed by atoms with E-state index in [-0.39, 0.29) is 11.5 Å². The molecule has 2 atom stereocenters. The molecular weight excluding hydrogens is 212 g/mol. The van der Waals surface area contributed by atoms with Gasteiger partial charge in [-0.2, -0.15) is 0 Å². The van der Waals surface area contributed by atoms with Crippen molar-refractivity contribution in [3.63, 3.8) is 0 Å². The molecule has 1 aromatic rings. The van der Waals surface area contributed by atoms with Gasteiger partial charge in [0.2, 0.25) is 5.76 Å². The van der Waals surface area contributed by atoms with Crippen LogP contribution in [0.1, 0.15) is 42.7 Å². The van der Waals surface area contributed by atoms with Crippen LogP contribution in [0.5, 0.6) is 0 Å². The van der Waals surface area contributed by atoms with Crippen molar-refractivity contribution >= 4 is 5.97 Å². The summed E-state index contributed by atoms with van der Waals surface area (Å²) >= 11 is 0. The van der Waals surface area contributed by atoms with E-state index in [9.17, 15) is 9.90 Å². The number of carboxylic acid groups (broad SMARTS) is 1. The van der Waals surface area contributed by atoms with Gasteiger partial charge in [0, 0.05) is 7.11 Å². The standard InChI is InChI=1S/C11H16O5/c1-4-11(2,15-3)9(12)7-5-6-8(16-7)10(13)14/h5-6,9,12H,4H2,1-3H3,(H,13,14). The molecule has 16 heavy (non-hydrogen) atoms. The molecule has 0 radical (unpaired) electrons. The highest BCUT2D eigenvalue weighted by Gasteiger charge is 2.34. The molecule has 0 spiro atoms. The number of aromatic carboxylic acids is 1. The van der Waals surface area contributed by atoms with Crippen molar-refractivity contribution in [3.8, 4) is 0 Å². The number of carbonyl (C=O) groups is 1. The van der Waals surface area contributed by atoms with Gasteiger partial charge in [-0.05, 0) is 25.5 Å². The minimum atomic E-state index is -1.16. The largest absolute Gasteiger partial charge is 0.475 e. The first kappa shape index (κ1) is 12.7. The van der Waals surface area contributed by atoms with Gasteiger partial charge in [-0.15, -0.1) is 0 Å². The molecule has 0 aliphatic carbocycles. The maximum atomic E-state index is 10.6. The molecule has 2 unspecified atom stereocenters. The molecule has 5 nitrogen and oxygen atoms in total. The Bertz CT molecular complexity index is 364. The third kappa shape index (κ3) is 2.25. The molecule has 0 saturated carbocycles. The number of hydrogen-bond acceptors (Lipinski definition) is 4. The summed E-state index contributed by atoms with van der Waals surface area (Å²) in [6.45, 7) is 3.61. The summed E-state index contributed by atoms with van der Waals surface area (Å²) in [5.41, 5.74) is -0.784. The van der Waals surface area contributed by atoms with Crippen molar-refractivity contribution in [2.75, 3.05) is 7.11 Å². The van der Waals surface area contributed by atoms with Crippen LogP contribution >= 0.6 is 0 Å². The third-order valence-corrected chi connectivity index (χ3v) is 2.85. The summed E-state index contributed by atoms with van der Waals surface area (Å²) in [6, 6.07) is 2.76.